The van der Waals surface area contributed by atoms with Crippen LogP contribution in [0.15, 0.2) is 24.3 Å². The molecule has 6 heteroatoms. The molecule has 1 aliphatic carbocycles. The van der Waals surface area contributed by atoms with Gasteiger partial charge in [0.25, 0.3) is 0 Å². The zero-order valence-electron chi connectivity index (χ0n) is 13.8. The van der Waals surface area contributed by atoms with Crippen molar-refractivity contribution in [3.05, 3.63) is 29.8 Å². The van der Waals surface area contributed by atoms with Gasteiger partial charge in [-0.3, -0.25) is 14.5 Å². The Bertz CT molecular complexity index is 544. The van der Waals surface area contributed by atoms with E-state index in [1.165, 1.54) is 0 Å². The van der Waals surface area contributed by atoms with Gasteiger partial charge < -0.3 is 15.4 Å². The zero-order valence-corrected chi connectivity index (χ0v) is 13.8. The molecular weight excluding hydrogens is 294 g/mol. The fourth-order valence-electron chi connectivity index (χ4n) is 2.22. The highest BCUT2D eigenvalue weighted by Gasteiger charge is 2.23. The predicted octanol–water partition coefficient (Wildman–Crippen LogP) is 0.912. The Balaban J connectivity index is 1.69. The van der Waals surface area contributed by atoms with E-state index < -0.39 is 0 Å². The van der Waals surface area contributed by atoms with E-state index in [1.807, 2.05) is 31.2 Å². The minimum absolute atomic E-state index is 0.0211. The number of nitrogens with zero attached hydrogens (tertiary/aromatic N) is 1. The largest absolute Gasteiger partial charge is 0.494 e. The van der Waals surface area contributed by atoms with Crippen molar-refractivity contribution in [2.24, 2.45) is 0 Å². The van der Waals surface area contributed by atoms with Crippen LogP contribution in [0.5, 0.6) is 5.75 Å². The van der Waals surface area contributed by atoms with Crippen molar-refractivity contribution < 1.29 is 14.3 Å². The lowest BCUT2D eigenvalue weighted by Gasteiger charge is -2.16. The van der Waals surface area contributed by atoms with Crippen LogP contribution in [-0.4, -0.2) is 49.5 Å². The minimum Gasteiger partial charge on any atom is -0.494 e. The van der Waals surface area contributed by atoms with E-state index in [2.05, 4.69) is 10.6 Å². The van der Waals surface area contributed by atoms with Gasteiger partial charge in [-0.05, 0) is 44.5 Å². The zero-order chi connectivity index (χ0) is 16.7. The van der Waals surface area contributed by atoms with Crippen LogP contribution in [0.3, 0.4) is 0 Å². The van der Waals surface area contributed by atoms with E-state index in [-0.39, 0.29) is 24.9 Å². The van der Waals surface area contributed by atoms with Gasteiger partial charge in [0, 0.05) is 12.6 Å². The summed E-state index contributed by atoms with van der Waals surface area (Å²) in [5, 5.41) is 5.77. The molecule has 0 radical (unpaired) electrons. The lowest BCUT2D eigenvalue weighted by Crippen LogP contribution is -2.41. The van der Waals surface area contributed by atoms with Crippen LogP contribution in [0.25, 0.3) is 0 Å². The maximum absolute atomic E-state index is 11.9. The number of rotatable bonds is 9. The van der Waals surface area contributed by atoms with Crippen molar-refractivity contribution in [3.63, 3.8) is 0 Å². The number of hydrogen-bond acceptors (Lipinski definition) is 4. The van der Waals surface area contributed by atoms with Gasteiger partial charge in [-0.25, -0.2) is 0 Å². The highest BCUT2D eigenvalue weighted by molar-refractivity contribution is 5.81. The van der Waals surface area contributed by atoms with Gasteiger partial charge in [-0.2, -0.15) is 0 Å². The van der Waals surface area contributed by atoms with E-state index in [0.717, 1.165) is 24.2 Å². The third-order valence-corrected chi connectivity index (χ3v) is 3.47. The topological polar surface area (TPSA) is 70.7 Å². The summed E-state index contributed by atoms with van der Waals surface area (Å²) >= 11 is 0. The van der Waals surface area contributed by atoms with Crippen LogP contribution in [-0.2, 0) is 16.1 Å². The van der Waals surface area contributed by atoms with Gasteiger partial charge in [0.15, 0.2) is 0 Å². The molecule has 2 rings (SSSR count). The van der Waals surface area contributed by atoms with Crippen molar-refractivity contribution in [1.29, 1.82) is 0 Å². The molecule has 2 amide bonds. The second-order valence-corrected chi connectivity index (χ2v) is 5.87. The maximum atomic E-state index is 11.9. The summed E-state index contributed by atoms with van der Waals surface area (Å²) < 4.78 is 5.43. The second-order valence-electron chi connectivity index (χ2n) is 5.87. The molecule has 0 bridgehead atoms. The van der Waals surface area contributed by atoms with Gasteiger partial charge in [0.2, 0.25) is 11.8 Å². The van der Waals surface area contributed by atoms with Crippen LogP contribution < -0.4 is 15.4 Å². The van der Waals surface area contributed by atoms with E-state index in [4.69, 9.17) is 4.74 Å². The molecular formula is C17H25N3O3. The lowest BCUT2D eigenvalue weighted by molar-refractivity contribution is -0.124. The first-order valence-corrected chi connectivity index (χ1v) is 8.03. The molecule has 0 aliphatic heterocycles. The van der Waals surface area contributed by atoms with Crippen molar-refractivity contribution >= 4 is 11.8 Å². The van der Waals surface area contributed by atoms with E-state index in [1.54, 1.807) is 11.9 Å². The molecule has 1 fully saturated rings. The summed E-state index contributed by atoms with van der Waals surface area (Å²) in [6.45, 7) is 3.43. The highest BCUT2D eigenvalue weighted by Crippen LogP contribution is 2.18. The maximum Gasteiger partial charge on any atom is 0.234 e. The monoisotopic (exact) mass is 319 g/mol. The van der Waals surface area contributed by atoms with Gasteiger partial charge in [0.1, 0.15) is 5.75 Å². The number of amides is 2. The molecule has 6 nitrogen and oxygen atoms in total. The first-order valence-electron chi connectivity index (χ1n) is 8.03. The summed E-state index contributed by atoms with van der Waals surface area (Å²) in [5.41, 5.74) is 0.985. The normalized spacial score (nSPS) is 13.7. The van der Waals surface area contributed by atoms with Crippen LogP contribution in [0.4, 0.5) is 0 Å². The van der Waals surface area contributed by atoms with E-state index in [0.29, 0.717) is 19.2 Å². The standard InChI is InChI=1S/C17H25N3O3/c1-3-23-15-6-4-5-13(9-15)10-18-16(21)11-20(2)12-17(22)19-14-7-8-14/h4-6,9,14H,3,7-8,10-12H2,1-2H3,(H,18,21)(H,19,22). The van der Waals surface area contributed by atoms with E-state index in [9.17, 15) is 9.59 Å². The molecule has 0 spiro atoms. The van der Waals surface area contributed by atoms with Gasteiger partial charge >= 0.3 is 0 Å². The average molecular weight is 319 g/mol. The second kappa shape index (κ2) is 8.53. The summed E-state index contributed by atoms with van der Waals surface area (Å²) in [7, 11) is 1.77. The van der Waals surface area contributed by atoms with Crippen molar-refractivity contribution in [2.75, 3.05) is 26.7 Å². The Hall–Kier alpha value is -2.08. The predicted molar refractivity (Wildman–Crippen MR) is 88.1 cm³/mol. The van der Waals surface area contributed by atoms with Crippen LogP contribution in [0.1, 0.15) is 25.3 Å². The number of benzene rings is 1. The van der Waals surface area contributed by atoms with Crippen molar-refractivity contribution in [2.45, 2.75) is 32.4 Å². The van der Waals surface area contributed by atoms with Crippen molar-refractivity contribution in [1.82, 2.24) is 15.5 Å². The summed E-state index contributed by atoms with van der Waals surface area (Å²) in [6.07, 6.45) is 2.13. The molecule has 1 aromatic rings. The Morgan fingerprint density at radius 1 is 1.26 bits per heavy atom. The number of hydrogen-bond donors (Lipinski definition) is 2. The number of carbonyl (C=O) groups excluding carboxylic acids is 2. The third kappa shape index (κ3) is 6.69. The van der Waals surface area contributed by atoms with Gasteiger partial charge in [-0.1, -0.05) is 12.1 Å². The molecule has 0 saturated heterocycles. The molecule has 126 valence electrons. The van der Waals surface area contributed by atoms with Crippen molar-refractivity contribution in [3.8, 4) is 5.75 Å². The Labute approximate surface area is 137 Å². The van der Waals surface area contributed by atoms with Crippen LogP contribution in [0, 0.1) is 0 Å². The summed E-state index contributed by atoms with van der Waals surface area (Å²) in [6, 6.07) is 8.00. The number of likely N-dealkylation sites (N-methyl/N-ethyl adjacent to an activating group) is 1. The Kier molecular flexibility index (Phi) is 6.40. The molecule has 2 N–H and O–H groups in total. The lowest BCUT2D eigenvalue weighted by atomic mass is 10.2. The number of carbonyl (C=O) groups is 2. The van der Waals surface area contributed by atoms with Crippen LogP contribution in [0.2, 0.25) is 0 Å². The molecule has 23 heavy (non-hydrogen) atoms. The quantitative estimate of drug-likeness (QED) is 0.710. The van der Waals surface area contributed by atoms with E-state index >= 15 is 0 Å². The number of nitrogens with one attached hydrogen (secondary N) is 2. The highest BCUT2D eigenvalue weighted by atomic mass is 16.5. The van der Waals surface area contributed by atoms with Gasteiger partial charge in [-0.15, -0.1) is 0 Å². The molecule has 1 aromatic carbocycles. The van der Waals surface area contributed by atoms with Crippen LogP contribution >= 0.6 is 0 Å². The molecule has 0 atom stereocenters. The van der Waals surface area contributed by atoms with Gasteiger partial charge in [0.05, 0.1) is 19.7 Å². The molecule has 0 unspecified atom stereocenters. The SMILES string of the molecule is CCOc1cccc(CNC(=O)CN(C)CC(=O)NC2CC2)c1. The molecule has 1 saturated carbocycles. The average Bonchev–Trinajstić information content (AvgIpc) is 3.29. The fraction of sp³-hybridized carbons (Fsp3) is 0.529. The summed E-state index contributed by atoms with van der Waals surface area (Å²) in [5.74, 6) is 0.675. The third-order valence-electron chi connectivity index (χ3n) is 3.47. The molecule has 1 aliphatic rings. The molecule has 0 aromatic heterocycles. The first-order chi connectivity index (χ1) is 11.1. The fourth-order valence-corrected chi connectivity index (χ4v) is 2.22. The first kappa shape index (κ1) is 17.3. The Morgan fingerprint density at radius 3 is 2.70 bits per heavy atom. The Morgan fingerprint density at radius 2 is 2.00 bits per heavy atom. The summed E-state index contributed by atoms with van der Waals surface area (Å²) in [4.78, 5) is 25.3. The smallest absolute Gasteiger partial charge is 0.234 e. The number of ether oxygens (including phenoxy) is 1. The minimum atomic E-state index is -0.103. The molecule has 0 heterocycles.